The highest BCUT2D eigenvalue weighted by Gasteiger charge is 2.32. The summed E-state index contributed by atoms with van der Waals surface area (Å²) >= 11 is 0. The van der Waals surface area contributed by atoms with Gasteiger partial charge in [0.05, 0.1) is 28.2 Å². The second-order valence-corrected chi connectivity index (χ2v) is 7.69. The van der Waals surface area contributed by atoms with Crippen LogP contribution >= 0.6 is 0 Å². The molecule has 4 aromatic heterocycles. The smallest absolute Gasteiger partial charge is 0.308 e. The Morgan fingerprint density at radius 1 is 0.781 bits per heavy atom. The predicted molar refractivity (Wildman–Crippen MR) is 108 cm³/mol. The minimum Gasteiger partial charge on any atom is -0.308 e. The van der Waals surface area contributed by atoms with Crippen molar-refractivity contribution in [3.63, 3.8) is 0 Å². The third kappa shape index (κ3) is 4.10. The molecule has 0 spiro atoms. The van der Waals surface area contributed by atoms with E-state index in [2.05, 4.69) is 15.0 Å². The van der Waals surface area contributed by atoms with Crippen LogP contribution in [-0.2, 0) is 11.6 Å². The Hall–Kier alpha value is -3.62. The third-order valence-electron chi connectivity index (χ3n) is 5.14. The summed E-state index contributed by atoms with van der Waals surface area (Å²) in [6.45, 7) is 3.70. The van der Waals surface area contributed by atoms with Crippen LogP contribution in [0.1, 0.15) is 30.8 Å². The molecule has 4 aromatic rings. The van der Waals surface area contributed by atoms with Gasteiger partial charge in [0.15, 0.2) is 0 Å². The quantitative estimate of drug-likeness (QED) is 0.289. The van der Waals surface area contributed by atoms with E-state index in [1.54, 1.807) is 36.4 Å². The number of nitrogens with zero attached hydrogens (tertiary/aromatic N) is 4. The lowest BCUT2D eigenvalue weighted by Crippen LogP contribution is -2.23. The first-order valence-corrected chi connectivity index (χ1v) is 9.59. The van der Waals surface area contributed by atoms with Gasteiger partial charge in [-0.1, -0.05) is 12.1 Å². The maximum Gasteiger partial charge on any atom is 0.417 e. The minimum atomic E-state index is -4.45. The number of rotatable bonds is 4. The second kappa shape index (κ2) is 7.81. The molecule has 0 aliphatic heterocycles. The Morgan fingerprint density at radius 2 is 1.47 bits per heavy atom. The van der Waals surface area contributed by atoms with Crippen LogP contribution in [0.2, 0.25) is 0 Å². The van der Waals surface area contributed by atoms with Crippen LogP contribution in [0.15, 0.2) is 67.0 Å². The molecule has 0 aromatic carbocycles. The van der Waals surface area contributed by atoms with E-state index in [-0.39, 0.29) is 11.3 Å². The molecular formula is C23H17F5N4. The van der Waals surface area contributed by atoms with Gasteiger partial charge < -0.3 is 4.57 Å². The van der Waals surface area contributed by atoms with Gasteiger partial charge in [0.25, 0.3) is 0 Å². The van der Waals surface area contributed by atoms with Crippen molar-refractivity contribution in [2.45, 2.75) is 25.4 Å². The Labute approximate surface area is 180 Å². The van der Waals surface area contributed by atoms with Crippen LogP contribution in [0.3, 0.4) is 0 Å². The normalized spacial score (nSPS) is 12.2. The molecule has 0 unspecified atom stereocenters. The fraction of sp³-hybridized carbons (Fsp3) is 0.174. The summed E-state index contributed by atoms with van der Waals surface area (Å²) in [6.07, 6.45) is -2.18. The first-order chi connectivity index (χ1) is 15.1. The maximum absolute atomic E-state index is 14.1. The van der Waals surface area contributed by atoms with Crippen molar-refractivity contribution < 1.29 is 22.0 Å². The minimum absolute atomic E-state index is 0.0535. The number of hydrogen-bond acceptors (Lipinski definition) is 3. The Kier molecular flexibility index (Phi) is 5.28. The molecule has 4 rings (SSSR count). The van der Waals surface area contributed by atoms with Gasteiger partial charge >= 0.3 is 6.18 Å². The average molecular weight is 444 g/mol. The molecule has 0 saturated heterocycles. The summed E-state index contributed by atoms with van der Waals surface area (Å²) in [4.78, 5) is 12.3. The van der Waals surface area contributed by atoms with E-state index in [0.717, 1.165) is 18.3 Å². The largest absolute Gasteiger partial charge is 0.417 e. The van der Waals surface area contributed by atoms with E-state index in [1.165, 1.54) is 16.8 Å². The van der Waals surface area contributed by atoms with Crippen LogP contribution in [0.5, 0.6) is 0 Å². The second-order valence-electron chi connectivity index (χ2n) is 7.69. The van der Waals surface area contributed by atoms with Gasteiger partial charge in [-0.2, -0.15) is 26.9 Å². The third-order valence-corrected chi connectivity index (χ3v) is 5.14. The molecule has 0 saturated carbocycles. The Bertz CT molecular complexity index is 1280. The molecule has 0 aliphatic rings. The molecule has 0 N–H and O–H groups in total. The Balaban J connectivity index is 1.71. The van der Waals surface area contributed by atoms with Gasteiger partial charge in [-0.25, -0.2) is 4.98 Å². The molecule has 0 bridgehead atoms. The predicted octanol–water partition coefficient (Wildman–Crippen LogP) is 5.95. The van der Waals surface area contributed by atoms with Gasteiger partial charge in [0.2, 0.25) is 11.9 Å². The highest BCUT2D eigenvalue weighted by Crippen LogP contribution is 2.33. The highest BCUT2D eigenvalue weighted by molar-refractivity contribution is 5.59. The van der Waals surface area contributed by atoms with Crippen molar-refractivity contribution in [3.8, 4) is 17.1 Å². The fourth-order valence-corrected chi connectivity index (χ4v) is 3.29. The molecule has 0 amide bonds. The van der Waals surface area contributed by atoms with E-state index in [1.807, 2.05) is 13.8 Å². The molecule has 0 fully saturated rings. The number of aromatic nitrogens is 4. The number of pyridine rings is 3. The summed E-state index contributed by atoms with van der Waals surface area (Å²) in [5.41, 5.74) is -0.106. The van der Waals surface area contributed by atoms with E-state index in [9.17, 15) is 22.0 Å². The molecule has 32 heavy (non-hydrogen) atoms. The number of hydrogen-bond donors (Lipinski definition) is 0. The zero-order valence-electron chi connectivity index (χ0n) is 17.0. The molecule has 4 nitrogen and oxygen atoms in total. The lowest BCUT2D eigenvalue weighted by atomic mass is 9.84. The maximum atomic E-state index is 14.1. The molecule has 0 radical (unpaired) electrons. The van der Waals surface area contributed by atoms with Crippen molar-refractivity contribution in [1.29, 1.82) is 0 Å². The number of halogens is 5. The summed E-state index contributed by atoms with van der Waals surface area (Å²) < 4.78 is 67.4. The lowest BCUT2D eigenvalue weighted by Gasteiger charge is -2.24. The topological polar surface area (TPSA) is 43.6 Å². The molecule has 0 atom stereocenters. The van der Waals surface area contributed by atoms with E-state index in [4.69, 9.17) is 0 Å². The van der Waals surface area contributed by atoms with Gasteiger partial charge in [-0.05, 0) is 56.3 Å². The van der Waals surface area contributed by atoms with Crippen molar-refractivity contribution in [1.82, 2.24) is 19.5 Å². The summed E-state index contributed by atoms with van der Waals surface area (Å²) in [6, 6.07) is 13.3. The van der Waals surface area contributed by atoms with Gasteiger partial charge in [-0.15, -0.1) is 0 Å². The molecular weight excluding hydrogens is 427 g/mol. The van der Waals surface area contributed by atoms with Gasteiger partial charge in [0.1, 0.15) is 5.82 Å². The van der Waals surface area contributed by atoms with Gasteiger partial charge in [0, 0.05) is 17.8 Å². The Morgan fingerprint density at radius 3 is 2.12 bits per heavy atom. The molecule has 9 heteroatoms. The van der Waals surface area contributed by atoms with E-state index in [0.29, 0.717) is 17.2 Å². The van der Waals surface area contributed by atoms with Crippen LogP contribution < -0.4 is 0 Å². The van der Waals surface area contributed by atoms with Crippen LogP contribution in [0.25, 0.3) is 17.1 Å². The van der Waals surface area contributed by atoms with Gasteiger partial charge in [-0.3, -0.25) is 4.98 Å². The van der Waals surface area contributed by atoms with Crippen molar-refractivity contribution in [2.75, 3.05) is 0 Å². The molecule has 4 heterocycles. The zero-order valence-corrected chi connectivity index (χ0v) is 17.0. The average Bonchev–Trinajstić information content (AvgIpc) is 3.25. The van der Waals surface area contributed by atoms with Crippen LogP contribution in [0.4, 0.5) is 22.0 Å². The summed E-state index contributed by atoms with van der Waals surface area (Å²) in [5, 5.41) is 0. The van der Waals surface area contributed by atoms with Crippen LogP contribution in [-0.4, -0.2) is 19.5 Å². The lowest BCUT2D eigenvalue weighted by molar-refractivity contribution is -0.137. The number of alkyl halides is 3. The van der Waals surface area contributed by atoms with Crippen molar-refractivity contribution in [3.05, 3.63) is 95.8 Å². The SMILES string of the molecule is CC(C)(c1cccc(-c2ccc(F)nc2F)n1)c1cccc(-n2ccc(C(F)(F)F)c2)n1. The monoisotopic (exact) mass is 444 g/mol. The first kappa shape index (κ1) is 21.6. The van der Waals surface area contributed by atoms with Crippen molar-refractivity contribution in [2.24, 2.45) is 0 Å². The van der Waals surface area contributed by atoms with Crippen molar-refractivity contribution >= 4 is 0 Å². The molecule has 164 valence electrons. The van der Waals surface area contributed by atoms with E-state index >= 15 is 0 Å². The first-order valence-electron chi connectivity index (χ1n) is 9.59. The standard InChI is InChI=1S/C23H17F5N4/c1-22(2,17-6-3-5-16(29-17)15-9-10-19(24)31-21(15)25)18-7-4-8-20(30-18)32-12-11-14(13-32)23(26,27)28/h3-13H,1-2H3. The summed E-state index contributed by atoms with van der Waals surface area (Å²) in [5.74, 6) is -1.58. The summed E-state index contributed by atoms with van der Waals surface area (Å²) in [7, 11) is 0. The van der Waals surface area contributed by atoms with E-state index < -0.39 is 29.1 Å². The van der Waals surface area contributed by atoms with Crippen LogP contribution in [0, 0.1) is 11.9 Å². The fourth-order valence-electron chi connectivity index (χ4n) is 3.29. The molecule has 0 aliphatic carbocycles. The zero-order chi connectivity index (χ0) is 23.1. The highest BCUT2D eigenvalue weighted by atomic mass is 19.4.